The van der Waals surface area contributed by atoms with E-state index in [1.807, 2.05) is 48.2 Å². The van der Waals surface area contributed by atoms with Crippen LogP contribution in [0.4, 0.5) is 0 Å². The number of benzene rings is 1. The molecule has 1 aromatic carbocycles. The molecule has 29 heavy (non-hydrogen) atoms. The van der Waals surface area contributed by atoms with Crippen LogP contribution < -0.4 is 5.32 Å². The van der Waals surface area contributed by atoms with Gasteiger partial charge in [0.1, 0.15) is 0 Å². The molecule has 2 N–H and O–H groups in total. The molecule has 4 rings (SSSR count). The fourth-order valence-electron chi connectivity index (χ4n) is 3.46. The standard InChI is InChI=1S/C22H24N4O2S/c1-15-5-10-20(29-15)18-13-19(25-24-18)21(27)23-14-16-6-8-17(9-7-16)22(28)26-11-3-2-4-12-26/h5-10,13H,2-4,11-12,14H2,1H3,(H,23,27)(H,24,25). The van der Waals surface area contributed by atoms with Gasteiger partial charge >= 0.3 is 0 Å². The monoisotopic (exact) mass is 408 g/mol. The third-order valence-electron chi connectivity index (χ3n) is 5.11. The Morgan fingerprint density at radius 3 is 2.55 bits per heavy atom. The van der Waals surface area contributed by atoms with Gasteiger partial charge in [-0.3, -0.25) is 14.7 Å². The summed E-state index contributed by atoms with van der Waals surface area (Å²) < 4.78 is 0. The van der Waals surface area contributed by atoms with Gasteiger partial charge < -0.3 is 10.2 Å². The van der Waals surface area contributed by atoms with Crippen LogP contribution in [0, 0.1) is 6.92 Å². The van der Waals surface area contributed by atoms with E-state index in [0.717, 1.165) is 42.1 Å². The molecule has 7 heteroatoms. The van der Waals surface area contributed by atoms with E-state index in [-0.39, 0.29) is 11.8 Å². The number of aryl methyl sites for hydroxylation is 1. The van der Waals surface area contributed by atoms with E-state index in [1.165, 1.54) is 11.3 Å². The summed E-state index contributed by atoms with van der Waals surface area (Å²) in [7, 11) is 0. The summed E-state index contributed by atoms with van der Waals surface area (Å²) in [4.78, 5) is 29.1. The summed E-state index contributed by atoms with van der Waals surface area (Å²) in [5.41, 5.74) is 2.85. The van der Waals surface area contributed by atoms with Crippen LogP contribution in [-0.4, -0.2) is 40.0 Å². The molecular weight excluding hydrogens is 384 g/mol. The highest BCUT2D eigenvalue weighted by atomic mass is 32.1. The minimum atomic E-state index is -0.228. The number of amides is 2. The number of H-pyrrole nitrogens is 1. The summed E-state index contributed by atoms with van der Waals surface area (Å²) in [6.07, 6.45) is 3.36. The molecule has 0 unspecified atom stereocenters. The first-order valence-electron chi connectivity index (χ1n) is 9.89. The first kappa shape index (κ1) is 19.4. The van der Waals surface area contributed by atoms with Crippen LogP contribution in [0.2, 0.25) is 0 Å². The van der Waals surface area contributed by atoms with Crippen LogP contribution in [0.15, 0.2) is 42.5 Å². The number of hydrogen-bond donors (Lipinski definition) is 2. The summed E-state index contributed by atoms with van der Waals surface area (Å²) in [5, 5.41) is 9.93. The molecule has 6 nitrogen and oxygen atoms in total. The van der Waals surface area contributed by atoms with Gasteiger partial charge in [-0.05, 0) is 62.1 Å². The van der Waals surface area contributed by atoms with Crippen LogP contribution in [0.1, 0.15) is 50.5 Å². The molecule has 0 bridgehead atoms. The van der Waals surface area contributed by atoms with Crippen molar-refractivity contribution in [3.05, 3.63) is 64.2 Å². The second kappa shape index (κ2) is 8.61. The highest BCUT2D eigenvalue weighted by molar-refractivity contribution is 7.15. The molecule has 0 atom stereocenters. The molecule has 0 spiro atoms. The lowest BCUT2D eigenvalue weighted by Gasteiger charge is -2.26. The molecule has 0 aliphatic carbocycles. The predicted octanol–water partition coefficient (Wildman–Crippen LogP) is 4.00. The van der Waals surface area contributed by atoms with Crippen molar-refractivity contribution in [3.63, 3.8) is 0 Å². The average molecular weight is 409 g/mol. The number of hydrogen-bond acceptors (Lipinski definition) is 4. The molecule has 2 aromatic heterocycles. The van der Waals surface area contributed by atoms with E-state index >= 15 is 0 Å². The fourth-order valence-corrected chi connectivity index (χ4v) is 4.29. The summed E-state index contributed by atoms with van der Waals surface area (Å²) in [5.74, 6) is -0.137. The van der Waals surface area contributed by atoms with Crippen molar-refractivity contribution < 1.29 is 9.59 Å². The molecule has 3 aromatic rings. The summed E-state index contributed by atoms with van der Waals surface area (Å²) in [6, 6.07) is 13.3. The Balaban J connectivity index is 1.33. The highest BCUT2D eigenvalue weighted by Gasteiger charge is 2.18. The van der Waals surface area contributed by atoms with Crippen molar-refractivity contribution in [2.45, 2.75) is 32.7 Å². The van der Waals surface area contributed by atoms with Gasteiger partial charge in [-0.15, -0.1) is 11.3 Å². The lowest BCUT2D eigenvalue weighted by atomic mass is 10.1. The van der Waals surface area contributed by atoms with Crippen molar-refractivity contribution in [1.29, 1.82) is 0 Å². The highest BCUT2D eigenvalue weighted by Crippen LogP contribution is 2.26. The lowest BCUT2D eigenvalue weighted by Crippen LogP contribution is -2.35. The minimum Gasteiger partial charge on any atom is -0.347 e. The number of thiophene rings is 1. The number of nitrogens with zero attached hydrogens (tertiary/aromatic N) is 2. The van der Waals surface area contributed by atoms with E-state index in [4.69, 9.17) is 0 Å². The van der Waals surface area contributed by atoms with Gasteiger partial charge in [-0.1, -0.05) is 12.1 Å². The number of carbonyl (C=O) groups excluding carboxylic acids is 2. The number of aromatic nitrogens is 2. The zero-order chi connectivity index (χ0) is 20.2. The third-order valence-corrected chi connectivity index (χ3v) is 6.15. The molecule has 1 aliphatic heterocycles. The maximum absolute atomic E-state index is 12.5. The van der Waals surface area contributed by atoms with Gasteiger partial charge in [0.25, 0.3) is 11.8 Å². The Morgan fingerprint density at radius 1 is 1.10 bits per heavy atom. The van der Waals surface area contributed by atoms with Gasteiger partial charge in [0.2, 0.25) is 0 Å². The van der Waals surface area contributed by atoms with Crippen LogP contribution in [-0.2, 0) is 6.54 Å². The smallest absolute Gasteiger partial charge is 0.272 e. The van der Waals surface area contributed by atoms with Gasteiger partial charge in [0.15, 0.2) is 5.69 Å². The van der Waals surface area contributed by atoms with Crippen molar-refractivity contribution in [2.24, 2.45) is 0 Å². The van der Waals surface area contributed by atoms with Gasteiger partial charge in [0.05, 0.1) is 10.6 Å². The topological polar surface area (TPSA) is 78.1 Å². The average Bonchev–Trinajstić information content (AvgIpc) is 3.42. The van der Waals surface area contributed by atoms with E-state index in [0.29, 0.717) is 17.8 Å². The van der Waals surface area contributed by atoms with Crippen LogP contribution in [0.5, 0.6) is 0 Å². The lowest BCUT2D eigenvalue weighted by molar-refractivity contribution is 0.0724. The minimum absolute atomic E-state index is 0.0909. The Kier molecular flexibility index (Phi) is 5.76. The Bertz CT molecular complexity index is 1000. The Hall–Kier alpha value is -2.93. The van der Waals surface area contributed by atoms with E-state index in [1.54, 1.807) is 17.4 Å². The summed E-state index contributed by atoms with van der Waals surface area (Å²) in [6.45, 7) is 4.11. The van der Waals surface area contributed by atoms with E-state index in [9.17, 15) is 9.59 Å². The number of carbonyl (C=O) groups is 2. The van der Waals surface area contributed by atoms with Crippen LogP contribution in [0.25, 0.3) is 10.6 Å². The molecule has 1 fully saturated rings. The van der Waals surface area contributed by atoms with E-state index in [2.05, 4.69) is 15.5 Å². The number of nitrogens with one attached hydrogen (secondary N) is 2. The third kappa shape index (κ3) is 4.56. The molecule has 1 saturated heterocycles. The Morgan fingerprint density at radius 2 is 1.86 bits per heavy atom. The first-order valence-corrected chi connectivity index (χ1v) is 10.7. The molecule has 1 aliphatic rings. The normalized spacial score (nSPS) is 14.0. The number of rotatable bonds is 5. The fraction of sp³-hybridized carbons (Fsp3) is 0.318. The summed E-state index contributed by atoms with van der Waals surface area (Å²) >= 11 is 1.66. The largest absolute Gasteiger partial charge is 0.347 e. The van der Waals surface area contributed by atoms with Gasteiger partial charge in [-0.25, -0.2) is 0 Å². The van der Waals surface area contributed by atoms with Crippen molar-refractivity contribution in [1.82, 2.24) is 20.4 Å². The molecular formula is C22H24N4O2S. The first-order chi connectivity index (χ1) is 14.1. The second-order valence-electron chi connectivity index (χ2n) is 7.31. The zero-order valence-corrected chi connectivity index (χ0v) is 17.2. The maximum atomic E-state index is 12.5. The van der Waals surface area contributed by atoms with E-state index < -0.39 is 0 Å². The number of aromatic amines is 1. The van der Waals surface area contributed by atoms with Crippen LogP contribution in [0.3, 0.4) is 0 Å². The number of piperidine rings is 1. The molecule has 150 valence electrons. The van der Waals surface area contributed by atoms with Gasteiger partial charge in [0, 0.05) is 30.1 Å². The molecule has 3 heterocycles. The maximum Gasteiger partial charge on any atom is 0.272 e. The molecule has 0 saturated carbocycles. The molecule has 2 amide bonds. The SMILES string of the molecule is Cc1ccc(-c2cc(C(=O)NCc3ccc(C(=O)N4CCCCC4)cc3)n[nH]2)s1. The quantitative estimate of drug-likeness (QED) is 0.670. The van der Waals surface area contributed by atoms with Crippen LogP contribution >= 0.6 is 11.3 Å². The van der Waals surface area contributed by atoms with Crippen molar-refractivity contribution >= 4 is 23.2 Å². The Labute approximate surface area is 173 Å². The number of likely N-dealkylation sites (tertiary alicyclic amines) is 1. The molecule has 0 radical (unpaired) electrons. The predicted molar refractivity (Wildman–Crippen MR) is 114 cm³/mol. The second-order valence-corrected chi connectivity index (χ2v) is 8.60. The zero-order valence-electron chi connectivity index (χ0n) is 16.4. The van der Waals surface area contributed by atoms with Crippen molar-refractivity contribution in [2.75, 3.05) is 13.1 Å². The van der Waals surface area contributed by atoms with Gasteiger partial charge in [-0.2, -0.15) is 5.10 Å². The van der Waals surface area contributed by atoms with Crippen molar-refractivity contribution in [3.8, 4) is 10.6 Å².